The molecule has 0 aromatic carbocycles. The van der Waals surface area contributed by atoms with Crippen molar-refractivity contribution in [1.29, 1.82) is 0 Å². The second-order valence-electron chi connectivity index (χ2n) is 5.29. The molecule has 5 heteroatoms. The Bertz CT molecular complexity index is 242. The Kier molecular flexibility index (Phi) is 8.57. The number of nitrogens with two attached hydrogens (primary N) is 1. The van der Waals surface area contributed by atoms with Crippen LogP contribution in [0.4, 0.5) is 0 Å². The van der Waals surface area contributed by atoms with Crippen LogP contribution in [-0.2, 0) is 4.79 Å². The standard InChI is InChI=1S/C13H27N3O.ClH/c1-4-12(14)13(17)16(10-9-15(2)3)11-7-5-6-8-11;/h11-12H,4-10,14H2,1-3H3;1H/t12-;/m0./s1. The first kappa shape index (κ1) is 17.7. The summed E-state index contributed by atoms with van der Waals surface area (Å²) in [5.74, 6) is 0.140. The molecule has 1 aliphatic carbocycles. The van der Waals surface area contributed by atoms with Crippen LogP contribution in [0.2, 0.25) is 0 Å². The summed E-state index contributed by atoms with van der Waals surface area (Å²) >= 11 is 0. The van der Waals surface area contributed by atoms with Crippen molar-refractivity contribution in [1.82, 2.24) is 9.80 Å². The number of nitrogens with zero attached hydrogens (tertiary/aromatic N) is 2. The second-order valence-corrected chi connectivity index (χ2v) is 5.29. The summed E-state index contributed by atoms with van der Waals surface area (Å²) in [4.78, 5) is 16.4. The molecule has 18 heavy (non-hydrogen) atoms. The Hall–Kier alpha value is -0.320. The smallest absolute Gasteiger partial charge is 0.239 e. The van der Waals surface area contributed by atoms with Crippen molar-refractivity contribution in [2.24, 2.45) is 5.73 Å². The lowest BCUT2D eigenvalue weighted by Crippen LogP contribution is -2.49. The van der Waals surface area contributed by atoms with E-state index in [2.05, 4.69) is 4.90 Å². The lowest BCUT2D eigenvalue weighted by molar-refractivity contribution is -0.135. The summed E-state index contributed by atoms with van der Waals surface area (Å²) in [6.07, 6.45) is 5.52. The second kappa shape index (κ2) is 8.73. The molecule has 0 unspecified atom stereocenters. The Morgan fingerprint density at radius 1 is 1.28 bits per heavy atom. The van der Waals surface area contributed by atoms with Crippen LogP contribution in [0.15, 0.2) is 0 Å². The maximum atomic E-state index is 12.3. The highest BCUT2D eigenvalue weighted by molar-refractivity contribution is 5.85. The lowest BCUT2D eigenvalue weighted by atomic mass is 10.1. The van der Waals surface area contributed by atoms with Crippen molar-refractivity contribution in [3.63, 3.8) is 0 Å². The Morgan fingerprint density at radius 2 is 1.83 bits per heavy atom. The molecule has 2 N–H and O–H groups in total. The molecule has 108 valence electrons. The summed E-state index contributed by atoms with van der Waals surface area (Å²) in [6.45, 7) is 3.70. The van der Waals surface area contributed by atoms with E-state index < -0.39 is 0 Å². The van der Waals surface area contributed by atoms with Gasteiger partial charge in [0.15, 0.2) is 0 Å². The number of hydrogen-bond donors (Lipinski definition) is 1. The van der Waals surface area contributed by atoms with Gasteiger partial charge in [0, 0.05) is 19.1 Å². The molecule has 1 aliphatic rings. The van der Waals surface area contributed by atoms with Crippen LogP contribution in [0.3, 0.4) is 0 Å². The van der Waals surface area contributed by atoms with E-state index in [0.717, 1.165) is 32.4 Å². The number of hydrogen-bond acceptors (Lipinski definition) is 3. The van der Waals surface area contributed by atoms with E-state index in [1.54, 1.807) is 0 Å². The van der Waals surface area contributed by atoms with Crippen molar-refractivity contribution in [2.75, 3.05) is 27.2 Å². The third-order valence-electron chi connectivity index (χ3n) is 3.59. The van der Waals surface area contributed by atoms with Gasteiger partial charge >= 0.3 is 0 Å². The van der Waals surface area contributed by atoms with Gasteiger partial charge in [0.1, 0.15) is 0 Å². The van der Waals surface area contributed by atoms with Crippen molar-refractivity contribution < 1.29 is 4.79 Å². The first-order chi connectivity index (χ1) is 8.06. The zero-order chi connectivity index (χ0) is 12.8. The van der Waals surface area contributed by atoms with Crippen LogP contribution < -0.4 is 5.73 Å². The fourth-order valence-corrected chi connectivity index (χ4v) is 2.38. The van der Waals surface area contributed by atoms with Crippen molar-refractivity contribution in [3.05, 3.63) is 0 Å². The summed E-state index contributed by atoms with van der Waals surface area (Å²) < 4.78 is 0. The Balaban J connectivity index is 0.00000289. The topological polar surface area (TPSA) is 49.6 Å². The first-order valence-electron chi connectivity index (χ1n) is 6.77. The summed E-state index contributed by atoms with van der Waals surface area (Å²) in [5, 5.41) is 0. The third-order valence-corrected chi connectivity index (χ3v) is 3.59. The molecule has 1 amide bonds. The molecule has 1 saturated carbocycles. The van der Waals surface area contributed by atoms with Crippen LogP contribution >= 0.6 is 12.4 Å². The molecule has 1 fully saturated rings. The highest BCUT2D eigenvalue weighted by Gasteiger charge is 2.28. The SMILES string of the molecule is CC[C@H](N)C(=O)N(CCN(C)C)C1CCCC1.Cl. The Labute approximate surface area is 117 Å². The molecule has 1 rings (SSSR count). The summed E-state index contributed by atoms with van der Waals surface area (Å²) in [5.41, 5.74) is 5.89. The van der Waals surface area contributed by atoms with Gasteiger partial charge in [-0.15, -0.1) is 12.4 Å². The zero-order valence-corrected chi connectivity index (χ0v) is 12.7. The van der Waals surface area contributed by atoms with Gasteiger partial charge in [-0.3, -0.25) is 4.79 Å². The van der Waals surface area contributed by atoms with Crippen LogP contribution in [0.25, 0.3) is 0 Å². The number of halogens is 1. The summed E-state index contributed by atoms with van der Waals surface area (Å²) in [7, 11) is 4.08. The van der Waals surface area contributed by atoms with E-state index in [1.807, 2.05) is 25.9 Å². The molecule has 0 aliphatic heterocycles. The number of carbonyl (C=O) groups excluding carboxylic acids is 1. The molecule has 0 heterocycles. The summed E-state index contributed by atoms with van der Waals surface area (Å²) in [6, 6.07) is 0.109. The van der Waals surface area contributed by atoms with Gasteiger partial charge in [-0.2, -0.15) is 0 Å². The molecule has 4 nitrogen and oxygen atoms in total. The van der Waals surface area contributed by atoms with E-state index >= 15 is 0 Å². The predicted octanol–water partition coefficient (Wildman–Crippen LogP) is 1.48. The minimum Gasteiger partial charge on any atom is -0.337 e. The molecule has 0 aromatic heterocycles. The highest BCUT2D eigenvalue weighted by Crippen LogP contribution is 2.24. The van der Waals surface area contributed by atoms with Crippen LogP contribution in [0.5, 0.6) is 0 Å². The largest absolute Gasteiger partial charge is 0.337 e. The van der Waals surface area contributed by atoms with Crippen LogP contribution in [0, 0.1) is 0 Å². The van der Waals surface area contributed by atoms with Gasteiger partial charge in [-0.25, -0.2) is 0 Å². The maximum absolute atomic E-state index is 12.3. The average molecular weight is 278 g/mol. The van der Waals surface area contributed by atoms with Gasteiger partial charge in [0.2, 0.25) is 5.91 Å². The zero-order valence-electron chi connectivity index (χ0n) is 11.9. The fraction of sp³-hybridized carbons (Fsp3) is 0.923. The highest BCUT2D eigenvalue weighted by atomic mass is 35.5. The van der Waals surface area contributed by atoms with Gasteiger partial charge in [-0.1, -0.05) is 19.8 Å². The predicted molar refractivity (Wildman–Crippen MR) is 78.0 cm³/mol. The molecule has 0 aromatic rings. The quantitative estimate of drug-likeness (QED) is 0.800. The maximum Gasteiger partial charge on any atom is 0.239 e. The molecule has 0 spiro atoms. The van der Waals surface area contributed by atoms with Gasteiger partial charge in [0.25, 0.3) is 0 Å². The van der Waals surface area contributed by atoms with Gasteiger partial charge in [-0.05, 0) is 33.4 Å². The van der Waals surface area contributed by atoms with Crippen LogP contribution in [-0.4, -0.2) is 55.0 Å². The fourth-order valence-electron chi connectivity index (χ4n) is 2.38. The van der Waals surface area contributed by atoms with Gasteiger partial charge < -0.3 is 15.5 Å². The number of carbonyl (C=O) groups is 1. The third kappa shape index (κ3) is 5.12. The average Bonchev–Trinajstić information content (AvgIpc) is 2.81. The number of amides is 1. The monoisotopic (exact) mass is 277 g/mol. The molecule has 0 radical (unpaired) electrons. The molecule has 1 atom stereocenters. The minimum absolute atomic E-state index is 0. The first-order valence-corrected chi connectivity index (χ1v) is 6.77. The van der Waals surface area contributed by atoms with E-state index in [0.29, 0.717) is 6.04 Å². The minimum atomic E-state index is -0.322. The molecular formula is C13H28ClN3O. The van der Waals surface area contributed by atoms with Gasteiger partial charge in [0.05, 0.1) is 6.04 Å². The van der Waals surface area contributed by atoms with E-state index in [9.17, 15) is 4.79 Å². The molecular weight excluding hydrogens is 250 g/mol. The molecule has 0 saturated heterocycles. The van der Waals surface area contributed by atoms with Crippen molar-refractivity contribution >= 4 is 18.3 Å². The van der Waals surface area contributed by atoms with Crippen molar-refractivity contribution in [2.45, 2.75) is 51.1 Å². The van der Waals surface area contributed by atoms with E-state index in [4.69, 9.17) is 5.73 Å². The van der Waals surface area contributed by atoms with Crippen LogP contribution in [0.1, 0.15) is 39.0 Å². The van der Waals surface area contributed by atoms with Crippen molar-refractivity contribution in [3.8, 4) is 0 Å². The molecule has 0 bridgehead atoms. The lowest BCUT2D eigenvalue weighted by Gasteiger charge is -2.32. The Morgan fingerprint density at radius 3 is 2.28 bits per heavy atom. The van der Waals surface area contributed by atoms with E-state index in [1.165, 1.54) is 12.8 Å². The van der Waals surface area contributed by atoms with E-state index in [-0.39, 0.29) is 24.4 Å². The number of rotatable bonds is 6. The number of likely N-dealkylation sites (N-methyl/N-ethyl adjacent to an activating group) is 1. The normalized spacial score (nSPS) is 17.6.